The van der Waals surface area contributed by atoms with Gasteiger partial charge in [0.15, 0.2) is 0 Å². The van der Waals surface area contributed by atoms with Gasteiger partial charge in [-0.2, -0.15) is 0 Å². The summed E-state index contributed by atoms with van der Waals surface area (Å²) in [5.41, 5.74) is 3.50. The third-order valence-corrected chi connectivity index (χ3v) is 7.54. The van der Waals surface area contributed by atoms with Gasteiger partial charge in [0.25, 0.3) is 0 Å². The summed E-state index contributed by atoms with van der Waals surface area (Å²) < 4.78 is 13.7. The summed E-state index contributed by atoms with van der Waals surface area (Å²) in [5, 5.41) is 0. The average Bonchev–Trinajstić information content (AvgIpc) is 2.73. The molecule has 3 rings (SSSR count). The first-order valence-electron chi connectivity index (χ1n) is 12.1. The minimum Gasteiger partial charge on any atom is -0.207 e. The molecule has 0 aliphatic heterocycles. The third kappa shape index (κ3) is 6.46. The first-order valence-corrected chi connectivity index (χ1v) is 12.1. The Morgan fingerprint density at radius 3 is 2.43 bits per heavy atom. The summed E-state index contributed by atoms with van der Waals surface area (Å²) in [4.78, 5) is 0. The molecule has 0 saturated heterocycles. The predicted octanol–water partition coefficient (Wildman–Crippen LogP) is 8.57. The molecule has 1 unspecified atom stereocenters. The van der Waals surface area contributed by atoms with Crippen molar-refractivity contribution >= 4 is 0 Å². The molecular weight excluding hydrogens is 343 g/mol. The van der Waals surface area contributed by atoms with Crippen LogP contribution >= 0.6 is 0 Å². The number of allylic oxidation sites excluding steroid dienone is 2. The van der Waals surface area contributed by atoms with Gasteiger partial charge in [0.2, 0.25) is 0 Å². The van der Waals surface area contributed by atoms with Crippen LogP contribution in [0.2, 0.25) is 0 Å². The Morgan fingerprint density at radius 1 is 0.929 bits per heavy atom. The van der Waals surface area contributed by atoms with Crippen LogP contribution in [-0.4, -0.2) is 0 Å². The molecule has 0 bridgehead atoms. The molecule has 0 N–H and O–H groups in total. The molecule has 28 heavy (non-hydrogen) atoms. The highest BCUT2D eigenvalue weighted by atomic mass is 19.1. The molecule has 0 nitrogen and oxygen atoms in total. The number of unbranched alkanes of at least 4 members (excludes halogenated alkanes) is 3. The van der Waals surface area contributed by atoms with Crippen molar-refractivity contribution in [3.63, 3.8) is 0 Å². The van der Waals surface area contributed by atoms with E-state index in [1.54, 1.807) is 11.6 Å². The van der Waals surface area contributed by atoms with Crippen molar-refractivity contribution in [2.45, 2.75) is 104 Å². The van der Waals surface area contributed by atoms with E-state index in [9.17, 15) is 4.39 Å². The van der Waals surface area contributed by atoms with Crippen LogP contribution in [0.25, 0.3) is 0 Å². The maximum absolute atomic E-state index is 13.7. The number of aryl methyl sites for hydroxylation is 2. The van der Waals surface area contributed by atoms with E-state index in [4.69, 9.17) is 0 Å². The molecule has 1 fully saturated rings. The van der Waals surface area contributed by atoms with Gasteiger partial charge in [0, 0.05) is 0 Å². The first-order chi connectivity index (χ1) is 13.7. The molecule has 1 atom stereocenters. The molecule has 2 aliphatic carbocycles. The summed E-state index contributed by atoms with van der Waals surface area (Å²) in [7, 11) is 0. The second-order valence-corrected chi connectivity index (χ2v) is 9.61. The van der Waals surface area contributed by atoms with Gasteiger partial charge in [-0.05, 0) is 86.8 Å². The molecule has 1 aromatic carbocycles. The van der Waals surface area contributed by atoms with Crippen molar-refractivity contribution in [3.05, 3.63) is 46.8 Å². The summed E-state index contributed by atoms with van der Waals surface area (Å²) in [6.07, 6.45) is 21.7. The summed E-state index contributed by atoms with van der Waals surface area (Å²) in [5.74, 6) is 2.88. The van der Waals surface area contributed by atoms with Crippen LogP contribution in [0.15, 0.2) is 29.8 Å². The maximum Gasteiger partial charge on any atom is 0.126 e. The van der Waals surface area contributed by atoms with E-state index in [1.165, 1.54) is 77.0 Å². The van der Waals surface area contributed by atoms with Crippen molar-refractivity contribution in [2.75, 3.05) is 0 Å². The van der Waals surface area contributed by atoms with Gasteiger partial charge >= 0.3 is 0 Å². The Bertz CT molecular complexity index is 621. The standard InChI is InChI=1S/C27H41F/c1-3-4-5-6-7-22-12-16-25(17-13-22)26-18-14-23(15-19-26)10-11-24-9-8-21(2)27(28)20-24/h8-9,14,20,22,25-26H,3-7,10-13,15-19H2,1-2H3. The molecule has 156 valence electrons. The first kappa shape index (κ1) is 21.6. The molecular formula is C27H41F. The molecule has 1 aromatic rings. The van der Waals surface area contributed by atoms with Crippen molar-refractivity contribution in [1.82, 2.24) is 0 Å². The quantitative estimate of drug-likeness (QED) is 0.295. The summed E-state index contributed by atoms with van der Waals surface area (Å²) >= 11 is 0. The van der Waals surface area contributed by atoms with Gasteiger partial charge in [0.1, 0.15) is 5.82 Å². The molecule has 0 aromatic heterocycles. The van der Waals surface area contributed by atoms with E-state index in [0.717, 1.165) is 41.7 Å². The van der Waals surface area contributed by atoms with E-state index >= 15 is 0 Å². The van der Waals surface area contributed by atoms with Crippen molar-refractivity contribution in [1.29, 1.82) is 0 Å². The minimum absolute atomic E-state index is 0.0591. The number of rotatable bonds is 9. The van der Waals surface area contributed by atoms with E-state index < -0.39 is 0 Å². The van der Waals surface area contributed by atoms with Gasteiger partial charge in [-0.1, -0.05) is 75.7 Å². The lowest BCUT2D eigenvalue weighted by molar-refractivity contribution is 0.185. The fourth-order valence-corrected chi connectivity index (χ4v) is 5.47. The van der Waals surface area contributed by atoms with Gasteiger partial charge < -0.3 is 0 Å². The maximum atomic E-state index is 13.7. The van der Waals surface area contributed by atoms with Crippen LogP contribution in [-0.2, 0) is 6.42 Å². The van der Waals surface area contributed by atoms with Gasteiger partial charge in [-0.25, -0.2) is 4.39 Å². The number of halogens is 1. The Kier molecular flexibility index (Phi) is 8.62. The monoisotopic (exact) mass is 384 g/mol. The van der Waals surface area contributed by atoms with Crippen LogP contribution in [0.5, 0.6) is 0 Å². The molecule has 0 spiro atoms. The molecule has 0 heterocycles. The Hall–Kier alpha value is -1.11. The van der Waals surface area contributed by atoms with Crippen molar-refractivity contribution < 1.29 is 4.39 Å². The van der Waals surface area contributed by atoms with E-state index in [2.05, 4.69) is 19.1 Å². The second-order valence-electron chi connectivity index (χ2n) is 9.61. The highest BCUT2D eigenvalue weighted by molar-refractivity contribution is 5.24. The third-order valence-electron chi connectivity index (χ3n) is 7.54. The second kappa shape index (κ2) is 11.2. The fourth-order valence-electron chi connectivity index (χ4n) is 5.47. The van der Waals surface area contributed by atoms with Crippen LogP contribution in [0.1, 0.15) is 102 Å². The van der Waals surface area contributed by atoms with Crippen LogP contribution in [0.3, 0.4) is 0 Å². The number of benzene rings is 1. The smallest absolute Gasteiger partial charge is 0.126 e. The number of hydrogen-bond donors (Lipinski definition) is 0. The largest absolute Gasteiger partial charge is 0.207 e. The van der Waals surface area contributed by atoms with Gasteiger partial charge in [-0.15, -0.1) is 0 Å². The zero-order valence-corrected chi connectivity index (χ0v) is 18.3. The molecule has 1 saturated carbocycles. The number of hydrogen-bond acceptors (Lipinski definition) is 0. The molecule has 1 heteroatoms. The Morgan fingerprint density at radius 2 is 1.75 bits per heavy atom. The lowest BCUT2D eigenvalue weighted by Gasteiger charge is -2.35. The van der Waals surface area contributed by atoms with E-state index in [-0.39, 0.29) is 5.82 Å². The van der Waals surface area contributed by atoms with E-state index in [1.807, 2.05) is 13.0 Å². The Labute approximate surface area is 173 Å². The topological polar surface area (TPSA) is 0 Å². The zero-order chi connectivity index (χ0) is 19.8. The van der Waals surface area contributed by atoms with Crippen LogP contribution in [0, 0.1) is 30.5 Å². The lowest BCUT2D eigenvalue weighted by atomic mass is 9.70. The normalized spacial score (nSPS) is 25.5. The molecule has 0 amide bonds. The van der Waals surface area contributed by atoms with Gasteiger partial charge in [0.05, 0.1) is 0 Å². The average molecular weight is 385 g/mol. The highest BCUT2D eigenvalue weighted by Gasteiger charge is 2.28. The summed E-state index contributed by atoms with van der Waals surface area (Å²) in [6, 6.07) is 5.73. The molecule has 2 aliphatic rings. The minimum atomic E-state index is -0.0591. The zero-order valence-electron chi connectivity index (χ0n) is 18.3. The van der Waals surface area contributed by atoms with Crippen LogP contribution in [0.4, 0.5) is 4.39 Å². The predicted molar refractivity (Wildman–Crippen MR) is 119 cm³/mol. The van der Waals surface area contributed by atoms with Gasteiger partial charge in [-0.3, -0.25) is 0 Å². The van der Waals surface area contributed by atoms with Crippen LogP contribution < -0.4 is 0 Å². The summed E-state index contributed by atoms with van der Waals surface area (Å²) in [6.45, 7) is 4.14. The SMILES string of the molecule is CCCCCCC1CCC(C2CC=C(CCc3ccc(C)c(F)c3)CC2)CC1. The Balaban J connectivity index is 1.36. The highest BCUT2D eigenvalue weighted by Crippen LogP contribution is 2.41. The fraction of sp³-hybridized carbons (Fsp3) is 0.704. The van der Waals surface area contributed by atoms with E-state index in [0.29, 0.717) is 0 Å². The molecule has 0 radical (unpaired) electrons. The lowest BCUT2D eigenvalue weighted by Crippen LogP contribution is -2.23. The van der Waals surface area contributed by atoms with Crippen molar-refractivity contribution in [3.8, 4) is 0 Å². The van der Waals surface area contributed by atoms with Crippen molar-refractivity contribution in [2.24, 2.45) is 17.8 Å².